The molecule has 0 fully saturated rings. The Morgan fingerprint density at radius 2 is 2.12 bits per heavy atom. The zero-order chi connectivity index (χ0) is 6.41. The predicted molar refractivity (Wildman–Crippen MR) is 33.9 cm³/mol. The molecule has 0 spiro atoms. The Morgan fingerprint density at radius 1 is 1.50 bits per heavy atom. The van der Waals surface area contributed by atoms with Crippen LogP contribution in [0.3, 0.4) is 0 Å². The van der Waals surface area contributed by atoms with Gasteiger partial charge in [-0.05, 0) is 0 Å². The summed E-state index contributed by atoms with van der Waals surface area (Å²) in [6.45, 7) is 6.00. The average Bonchev–Trinajstić information content (AvgIpc) is 2.24. The molecule has 1 heterocycles. The lowest BCUT2D eigenvalue weighted by Crippen LogP contribution is -1.84. The monoisotopic (exact) mass is 109 g/mol. The lowest BCUT2D eigenvalue weighted by atomic mass is 10.5. The lowest BCUT2D eigenvalue weighted by Gasteiger charge is -1.59. The van der Waals surface area contributed by atoms with E-state index in [1.807, 2.05) is 0 Å². The minimum atomic E-state index is -0.0185. The number of carbonyl (C=O) groups is 1. The first-order valence-electron chi connectivity index (χ1n) is 2.13. The molecular weight excluding hydrogens is 102 g/mol. The van der Waals surface area contributed by atoms with Gasteiger partial charge in [0.05, 0.1) is 6.21 Å². The number of carbonyl (C=O) groups excluding carboxylic acids is 1. The third-order valence-corrected chi connectivity index (χ3v) is 0.527. The van der Waals surface area contributed by atoms with Gasteiger partial charge in [-0.25, -0.2) is 0 Å². The Hall–Kier alpha value is -1.18. The van der Waals surface area contributed by atoms with Crippen molar-refractivity contribution < 1.29 is 4.79 Å². The average molecular weight is 109 g/mol. The first-order chi connectivity index (χ1) is 3.89. The first kappa shape index (κ1) is 6.82. The highest BCUT2D eigenvalue weighted by Crippen LogP contribution is 1.82. The molecule has 2 nitrogen and oxygen atoms in total. The van der Waals surface area contributed by atoms with Crippen LogP contribution in [0.5, 0.6) is 0 Å². The molecular formula is C6H7NO. The molecule has 0 aromatic carbocycles. The van der Waals surface area contributed by atoms with Crippen molar-refractivity contribution in [3.63, 3.8) is 0 Å². The van der Waals surface area contributed by atoms with Gasteiger partial charge < -0.3 is 0 Å². The third-order valence-electron chi connectivity index (χ3n) is 0.527. The second kappa shape index (κ2) is 3.99. The van der Waals surface area contributed by atoms with Crippen LogP contribution >= 0.6 is 0 Å². The summed E-state index contributed by atoms with van der Waals surface area (Å²) in [5.74, 6) is -0.0185. The van der Waals surface area contributed by atoms with Gasteiger partial charge in [0.2, 0.25) is 0 Å². The summed E-state index contributed by atoms with van der Waals surface area (Å²) in [6.07, 6.45) is 4.17. The Kier molecular flexibility index (Phi) is 3.40. The smallest absolute Gasteiger partial charge is 0.198 e. The van der Waals surface area contributed by atoms with Crippen LogP contribution in [0.15, 0.2) is 30.4 Å². The maximum Gasteiger partial charge on any atom is 0.198 e. The highest BCUT2D eigenvalue weighted by molar-refractivity contribution is 6.34. The fraction of sp³-hybridized carbons (Fsp3) is 0. The molecule has 1 aliphatic heterocycles. The van der Waals surface area contributed by atoms with E-state index in [1.165, 1.54) is 18.5 Å². The molecule has 0 unspecified atom stereocenters. The number of ketones is 1. The minimum Gasteiger partial charge on any atom is -0.288 e. The molecule has 1 rings (SSSR count). The van der Waals surface area contributed by atoms with Crippen molar-refractivity contribution in [2.75, 3.05) is 0 Å². The van der Waals surface area contributed by atoms with Crippen LogP contribution in [0.4, 0.5) is 0 Å². The van der Waals surface area contributed by atoms with Gasteiger partial charge in [0, 0.05) is 12.3 Å². The van der Waals surface area contributed by atoms with Crippen LogP contribution in [0, 0.1) is 0 Å². The van der Waals surface area contributed by atoms with Gasteiger partial charge in [-0.2, -0.15) is 0 Å². The molecule has 0 amide bonds. The predicted octanol–water partition coefficient (Wildman–Crippen LogP) is 0.956. The van der Waals surface area contributed by atoms with E-state index in [0.717, 1.165) is 0 Å². The quantitative estimate of drug-likeness (QED) is 0.426. The number of nitrogens with zero attached hydrogens (tertiary/aromatic N) is 1. The van der Waals surface area contributed by atoms with Gasteiger partial charge in [-0.3, -0.25) is 9.79 Å². The summed E-state index contributed by atoms with van der Waals surface area (Å²) in [5, 5.41) is 0. The van der Waals surface area contributed by atoms with E-state index in [-0.39, 0.29) is 5.78 Å². The summed E-state index contributed by atoms with van der Waals surface area (Å²) >= 11 is 0. The van der Waals surface area contributed by atoms with Crippen LogP contribution in [-0.4, -0.2) is 12.0 Å². The number of hydrogen-bond acceptors (Lipinski definition) is 2. The summed E-state index contributed by atoms with van der Waals surface area (Å²) in [5.41, 5.74) is 0. The number of allylic oxidation sites excluding steroid dienone is 1. The second-order valence-electron chi connectivity index (χ2n) is 0.996. The standard InChI is InChI=1S/C4H3NO.C2H4/c6-4-1-2-5-3-4;1-2/h1-3H;1-2H2. The lowest BCUT2D eigenvalue weighted by molar-refractivity contribution is -0.108. The van der Waals surface area contributed by atoms with Crippen molar-refractivity contribution in [1.82, 2.24) is 0 Å². The van der Waals surface area contributed by atoms with Crippen LogP contribution in [-0.2, 0) is 4.79 Å². The Morgan fingerprint density at radius 3 is 2.25 bits per heavy atom. The molecule has 0 saturated carbocycles. The van der Waals surface area contributed by atoms with Crippen molar-refractivity contribution in [1.29, 1.82) is 0 Å². The molecule has 0 aromatic heterocycles. The molecule has 0 saturated heterocycles. The molecule has 0 N–H and O–H groups in total. The van der Waals surface area contributed by atoms with Gasteiger partial charge in [0.1, 0.15) is 0 Å². The molecule has 42 valence electrons. The highest BCUT2D eigenvalue weighted by atomic mass is 16.1. The minimum absolute atomic E-state index is 0.0185. The molecule has 8 heavy (non-hydrogen) atoms. The van der Waals surface area contributed by atoms with Crippen LogP contribution < -0.4 is 0 Å². The van der Waals surface area contributed by atoms with Crippen molar-refractivity contribution in [3.05, 3.63) is 25.4 Å². The van der Waals surface area contributed by atoms with E-state index >= 15 is 0 Å². The summed E-state index contributed by atoms with van der Waals surface area (Å²) in [4.78, 5) is 13.5. The van der Waals surface area contributed by atoms with Crippen molar-refractivity contribution in [3.8, 4) is 0 Å². The van der Waals surface area contributed by atoms with E-state index in [9.17, 15) is 4.79 Å². The van der Waals surface area contributed by atoms with Crippen molar-refractivity contribution in [2.24, 2.45) is 4.99 Å². The Labute approximate surface area is 48.2 Å². The van der Waals surface area contributed by atoms with Crippen molar-refractivity contribution >= 4 is 12.0 Å². The van der Waals surface area contributed by atoms with Crippen molar-refractivity contribution in [2.45, 2.75) is 0 Å². The largest absolute Gasteiger partial charge is 0.288 e. The SMILES string of the molecule is C=C.O=C1C=CN=C1. The van der Waals surface area contributed by atoms with Gasteiger partial charge in [0.25, 0.3) is 0 Å². The van der Waals surface area contributed by atoms with E-state index in [2.05, 4.69) is 18.2 Å². The van der Waals surface area contributed by atoms with E-state index in [0.29, 0.717) is 0 Å². The second-order valence-corrected chi connectivity index (χ2v) is 0.996. The van der Waals surface area contributed by atoms with E-state index < -0.39 is 0 Å². The molecule has 0 radical (unpaired) electrons. The van der Waals surface area contributed by atoms with Crippen LogP contribution in [0.2, 0.25) is 0 Å². The van der Waals surface area contributed by atoms with E-state index in [1.54, 1.807) is 0 Å². The normalized spacial score (nSPS) is 13.2. The van der Waals surface area contributed by atoms with Gasteiger partial charge in [-0.1, -0.05) is 0 Å². The maximum atomic E-state index is 10.0. The zero-order valence-corrected chi connectivity index (χ0v) is 4.50. The van der Waals surface area contributed by atoms with Crippen LogP contribution in [0.25, 0.3) is 0 Å². The van der Waals surface area contributed by atoms with Crippen LogP contribution in [0.1, 0.15) is 0 Å². The van der Waals surface area contributed by atoms with Gasteiger partial charge in [0.15, 0.2) is 5.78 Å². The molecule has 0 aliphatic carbocycles. The Bertz CT molecular complexity index is 121. The third kappa shape index (κ3) is 2.08. The number of hydrogen-bond donors (Lipinski definition) is 0. The Balaban J connectivity index is 0.000000222. The molecule has 0 bridgehead atoms. The summed E-state index contributed by atoms with van der Waals surface area (Å²) < 4.78 is 0. The fourth-order valence-electron chi connectivity index (χ4n) is 0.276. The topological polar surface area (TPSA) is 29.4 Å². The zero-order valence-electron chi connectivity index (χ0n) is 4.50. The summed E-state index contributed by atoms with van der Waals surface area (Å²) in [6, 6.07) is 0. The maximum absolute atomic E-state index is 10.0. The number of aliphatic imine (C=N–C) groups is 1. The molecule has 0 aromatic rings. The molecule has 1 aliphatic rings. The highest BCUT2D eigenvalue weighted by Gasteiger charge is 1.90. The number of rotatable bonds is 0. The molecule has 0 atom stereocenters. The van der Waals surface area contributed by atoms with Gasteiger partial charge in [-0.15, -0.1) is 13.2 Å². The van der Waals surface area contributed by atoms with Gasteiger partial charge >= 0.3 is 0 Å². The first-order valence-corrected chi connectivity index (χ1v) is 2.13. The fourth-order valence-corrected chi connectivity index (χ4v) is 0.276. The summed E-state index contributed by atoms with van der Waals surface area (Å²) in [7, 11) is 0. The van der Waals surface area contributed by atoms with E-state index in [4.69, 9.17) is 0 Å². The molecule has 2 heteroatoms.